The van der Waals surface area contributed by atoms with Crippen LogP contribution in [0.5, 0.6) is 5.75 Å². The maximum Gasteiger partial charge on any atom is 0.255 e. The molecule has 0 aliphatic rings. The van der Waals surface area contributed by atoms with Crippen LogP contribution in [0.15, 0.2) is 36.4 Å². The van der Waals surface area contributed by atoms with Crippen molar-refractivity contribution in [3.05, 3.63) is 42.0 Å². The van der Waals surface area contributed by atoms with Crippen molar-refractivity contribution in [1.82, 2.24) is 0 Å². The van der Waals surface area contributed by atoms with Crippen LogP contribution in [0.25, 0.3) is 10.8 Å². The first-order valence-corrected chi connectivity index (χ1v) is 5.05. The minimum Gasteiger partial charge on any atom is -0.482 e. The Morgan fingerprint density at radius 2 is 2.06 bits per heavy atom. The van der Waals surface area contributed by atoms with Crippen LogP contribution in [0, 0.1) is 11.3 Å². The average Bonchev–Trinajstić information content (AvgIpc) is 2.35. The van der Waals surface area contributed by atoms with Gasteiger partial charge in [-0.2, -0.15) is 5.26 Å². The molecule has 2 rings (SSSR count). The summed E-state index contributed by atoms with van der Waals surface area (Å²) in [5.41, 5.74) is 5.42. The first-order chi connectivity index (χ1) is 8.22. The summed E-state index contributed by atoms with van der Waals surface area (Å²) in [6.07, 6.45) is 0. The monoisotopic (exact) mass is 226 g/mol. The minimum atomic E-state index is -0.568. The number of amides is 1. The Kier molecular flexibility index (Phi) is 2.93. The predicted molar refractivity (Wildman–Crippen MR) is 63.4 cm³/mol. The molecule has 0 unspecified atom stereocenters. The Hall–Kier alpha value is -2.54. The van der Waals surface area contributed by atoms with Crippen LogP contribution in [-0.2, 0) is 4.79 Å². The number of ether oxygens (including phenoxy) is 1. The van der Waals surface area contributed by atoms with Crippen LogP contribution < -0.4 is 10.5 Å². The van der Waals surface area contributed by atoms with E-state index in [4.69, 9.17) is 15.7 Å². The van der Waals surface area contributed by atoms with Crippen LogP contribution in [-0.4, -0.2) is 12.5 Å². The smallest absolute Gasteiger partial charge is 0.255 e. The molecule has 2 N–H and O–H groups in total. The summed E-state index contributed by atoms with van der Waals surface area (Å²) in [6.45, 7) is -0.229. The normalized spacial score (nSPS) is 9.82. The van der Waals surface area contributed by atoms with Crippen molar-refractivity contribution in [3.63, 3.8) is 0 Å². The summed E-state index contributed by atoms with van der Waals surface area (Å²) < 4.78 is 5.20. The summed E-state index contributed by atoms with van der Waals surface area (Å²) in [5, 5.41) is 10.9. The van der Waals surface area contributed by atoms with Gasteiger partial charge in [-0.1, -0.05) is 30.3 Å². The number of nitriles is 1. The molecule has 2 aromatic carbocycles. The lowest BCUT2D eigenvalue weighted by Crippen LogP contribution is -2.20. The molecule has 0 atom stereocenters. The molecule has 0 radical (unpaired) electrons. The summed E-state index contributed by atoms with van der Waals surface area (Å²) in [5.74, 6) is -0.188. The Morgan fingerprint density at radius 1 is 1.29 bits per heavy atom. The van der Waals surface area contributed by atoms with E-state index in [1.807, 2.05) is 30.3 Å². The zero-order chi connectivity index (χ0) is 12.3. The molecule has 2 aromatic rings. The molecule has 0 heterocycles. The van der Waals surface area contributed by atoms with Crippen molar-refractivity contribution in [2.75, 3.05) is 6.61 Å². The number of fused-ring (bicyclic) bond motifs is 1. The van der Waals surface area contributed by atoms with Crippen molar-refractivity contribution in [1.29, 1.82) is 5.26 Å². The number of carbonyl (C=O) groups is 1. The summed E-state index contributed by atoms with van der Waals surface area (Å²) in [6, 6.07) is 13.1. The lowest BCUT2D eigenvalue weighted by atomic mass is 10.0. The zero-order valence-electron chi connectivity index (χ0n) is 9.01. The number of rotatable bonds is 3. The number of nitrogens with two attached hydrogens (primary N) is 1. The Bertz CT molecular complexity index is 614. The van der Waals surface area contributed by atoms with E-state index in [1.165, 1.54) is 0 Å². The quantitative estimate of drug-likeness (QED) is 0.863. The van der Waals surface area contributed by atoms with Crippen LogP contribution in [0.2, 0.25) is 0 Å². The highest BCUT2D eigenvalue weighted by molar-refractivity contribution is 5.90. The van der Waals surface area contributed by atoms with Gasteiger partial charge in [0.05, 0.1) is 0 Å². The van der Waals surface area contributed by atoms with Gasteiger partial charge in [-0.25, -0.2) is 0 Å². The first kappa shape index (κ1) is 11.0. The standard InChI is InChI=1S/C13H10N2O2/c14-7-11-10-4-2-1-3-9(10)5-6-12(11)17-8-13(15)16/h1-6H,8H2,(H2,15,16). The van der Waals surface area contributed by atoms with E-state index >= 15 is 0 Å². The maximum atomic E-state index is 10.7. The van der Waals surface area contributed by atoms with E-state index in [0.717, 1.165) is 10.8 Å². The first-order valence-electron chi connectivity index (χ1n) is 5.05. The number of carbonyl (C=O) groups excluding carboxylic acids is 1. The number of primary amides is 1. The third-order valence-corrected chi connectivity index (χ3v) is 2.37. The van der Waals surface area contributed by atoms with Gasteiger partial charge in [0.25, 0.3) is 5.91 Å². The average molecular weight is 226 g/mol. The SMILES string of the molecule is N#Cc1c(OCC(N)=O)ccc2ccccc12. The molecule has 4 heteroatoms. The van der Waals surface area contributed by atoms with Gasteiger partial charge < -0.3 is 10.5 Å². The molecule has 0 fully saturated rings. The molecule has 0 saturated heterocycles. The lowest BCUT2D eigenvalue weighted by Gasteiger charge is -2.08. The molecule has 1 amide bonds. The molecule has 17 heavy (non-hydrogen) atoms. The Morgan fingerprint density at radius 3 is 2.76 bits per heavy atom. The molecule has 0 bridgehead atoms. The van der Waals surface area contributed by atoms with Crippen molar-refractivity contribution >= 4 is 16.7 Å². The van der Waals surface area contributed by atoms with Gasteiger partial charge in [-0.3, -0.25) is 4.79 Å². The van der Waals surface area contributed by atoms with Gasteiger partial charge in [0.2, 0.25) is 0 Å². The molecule has 0 saturated carbocycles. The second-order valence-electron chi connectivity index (χ2n) is 3.53. The molecule has 0 aromatic heterocycles. The Balaban J connectivity index is 2.50. The van der Waals surface area contributed by atoms with Gasteiger partial charge in [0.1, 0.15) is 17.4 Å². The van der Waals surface area contributed by atoms with Crippen LogP contribution in [0.4, 0.5) is 0 Å². The van der Waals surface area contributed by atoms with Gasteiger partial charge in [-0.15, -0.1) is 0 Å². The minimum absolute atomic E-state index is 0.229. The van der Waals surface area contributed by atoms with E-state index < -0.39 is 5.91 Å². The highest BCUT2D eigenvalue weighted by Gasteiger charge is 2.08. The third kappa shape index (κ3) is 2.18. The van der Waals surface area contributed by atoms with Crippen molar-refractivity contribution in [2.24, 2.45) is 5.73 Å². The van der Waals surface area contributed by atoms with E-state index in [-0.39, 0.29) is 6.61 Å². The summed E-state index contributed by atoms with van der Waals surface area (Å²) in [4.78, 5) is 10.7. The van der Waals surface area contributed by atoms with Crippen molar-refractivity contribution in [2.45, 2.75) is 0 Å². The summed E-state index contributed by atoms with van der Waals surface area (Å²) >= 11 is 0. The number of benzene rings is 2. The maximum absolute atomic E-state index is 10.7. The summed E-state index contributed by atoms with van der Waals surface area (Å²) in [7, 11) is 0. The van der Waals surface area contributed by atoms with Crippen molar-refractivity contribution in [3.8, 4) is 11.8 Å². The lowest BCUT2D eigenvalue weighted by molar-refractivity contribution is -0.119. The largest absolute Gasteiger partial charge is 0.482 e. The molecular weight excluding hydrogens is 216 g/mol. The van der Waals surface area contributed by atoms with Gasteiger partial charge in [-0.05, 0) is 11.5 Å². The van der Waals surface area contributed by atoms with Gasteiger partial charge in [0, 0.05) is 5.39 Å². The molecule has 0 spiro atoms. The fraction of sp³-hybridized carbons (Fsp3) is 0.0769. The van der Waals surface area contributed by atoms with Gasteiger partial charge >= 0.3 is 0 Å². The molecule has 0 aliphatic heterocycles. The number of hydrogen-bond donors (Lipinski definition) is 1. The van der Waals surface area contributed by atoms with Crippen LogP contribution >= 0.6 is 0 Å². The van der Waals surface area contributed by atoms with Gasteiger partial charge in [0.15, 0.2) is 6.61 Å². The topological polar surface area (TPSA) is 76.1 Å². The molecule has 84 valence electrons. The number of nitrogens with zero attached hydrogens (tertiary/aromatic N) is 1. The van der Waals surface area contributed by atoms with E-state index in [1.54, 1.807) is 6.07 Å². The highest BCUT2D eigenvalue weighted by Crippen LogP contribution is 2.27. The van der Waals surface area contributed by atoms with E-state index in [2.05, 4.69) is 6.07 Å². The number of hydrogen-bond acceptors (Lipinski definition) is 3. The molecule has 4 nitrogen and oxygen atoms in total. The third-order valence-electron chi connectivity index (χ3n) is 2.37. The van der Waals surface area contributed by atoms with Crippen LogP contribution in [0.1, 0.15) is 5.56 Å². The second kappa shape index (κ2) is 4.54. The van der Waals surface area contributed by atoms with Crippen LogP contribution in [0.3, 0.4) is 0 Å². The van der Waals surface area contributed by atoms with Crippen molar-refractivity contribution < 1.29 is 9.53 Å². The predicted octanol–water partition coefficient (Wildman–Crippen LogP) is 1.58. The fourth-order valence-electron chi connectivity index (χ4n) is 1.64. The second-order valence-corrected chi connectivity index (χ2v) is 3.53. The fourth-order valence-corrected chi connectivity index (χ4v) is 1.64. The highest BCUT2D eigenvalue weighted by atomic mass is 16.5. The zero-order valence-corrected chi connectivity index (χ0v) is 9.01. The van der Waals surface area contributed by atoms with E-state index in [9.17, 15) is 4.79 Å². The molecule has 0 aliphatic carbocycles. The van der Waals surface area contributed by atoms with E-state index in [0.29, 0.717) is 11.3 Å². The Labute approximate surface area is 98.2 Å². The molecular formula is C13H10N2O2.